The summed E-state index contributed by atoms with van der Waals surface area (Å²) in [4.78, 5) is 26.0. The Hall–Kier alpha value is -3.07. The second kappa shape index (κ2) is 11.1. The molecule has 1 aliphatic rings. The highest BCUT2D eigenvalue weighted by atomic mass is 79.9. The first-order valence-corrected chi connectivity index (χ1v) is 12.7. The van der Waals surface area contributed by atoms with Gasteiger partial charge in [-0.2, -0.15) is 5.10 Å². The quantitative estimate of drug-likeness (QED) is 0.363. The van der Waals surface area contributed by atoms with Gasteiger partial charge in [-0.05, 0) is 57.0 Å². The van der Waals surface area contributed by atoms with Crippen molar-refractivity contribution in [3.05, 3.63) is 57.7 Å². The summed E-state index contributed by atoms with van der Waals surface area (Å²) in [6, 6.07) is 11.8. The Morgan fingerprint density at radius 2 is 1.94 bits per heavy atom. The molecule has 3 aromatic rings. The monoisotopic (exact) mass is 543 g/mol. The Morgan fingerprint density at radius 1 is 1.14 bits per heavy atom. The zero-order valence-electron chi connectivity index (χ0n) is 20.3. The number of aryl methyl sites for hydroxylation is 1. The van der Waals surface area contributed by atoms with Crippen LogP contribution in [0.5, 0.6) is 5.75 Å². The fourth-order valence-corrected chi connectivity index (χ4v) is 4.78. The number of hydrogen-bond acceptors (Lipinski definition) is 6. The molecule has 4 rings (SSSR count). The van der Waals surface area contributed by atoms with E-state index in [4.69, 9.17) is 19.3 Å². The molecule has 2 heterocycles. The summed E-state index contributed by atoms with van der Waals surface area (Å²) in [6.45, 7) is 7.68. The number of benzene rings is 2. The van der Waals surface area contributed by atoms with E-state index in [2.05, 4.69) is 15.9 Å². The van der Waals surface area contributed by atoms with Crippen molar-refractivity contribution in [3.8, 4) is 5.75 Å². The number of esters is 1. The molecule has 2 aromatic carbocycles. The first-order chi connectivity index (χ1) is 16.9. The maximum Gasteiger partial charge on any atom is 0.409 e. The summed E-state index contributed by atoms with van der Waals surface area (Å²) in [5.41, 5.74) is 3.56. The standard InChI is InChI=1S/C26H30BrN3O5/c1-4-33-25(31)14-20-17(3)7-6-8-24(20)35-16-22-21-13-18(27)9-10-23(21)30(28-22)19-11-12-29(15-19)26(32)34-5-2/h6-10,13,19H,4-5,11-12,14-16H2,1-3H3/t19-/m0/s1. The van der Waals surface area contributed by atoms with E-state index in [1.54, 1.807) is 11.8 Å². The summed E-state index contributed by atoms with van der Waals surface area (Å²) >= 11 is 3.57. The number of amides is 1. The van der Waals surface area contributed by atoms with Gasteiger partial charge in [0.05, 0.1) is 31.2 Å². The molecular weight excluding hydrogens is 514 g/mol. The van der Waals surface area contributed by atoms with Crippen molar-refractivity contribution in [1.29, 1.82) is 0 Å². The molecule has 0 radical (unpaired) electrons. The fraction of sp³-hybridized carbons (Fsp3) is 0.423. The van der Waals surface area contributed by atoms with E-state index in [-0.39, 0.29) is 31.1 Å². The van der Waals surface area contributed by atoms with Gasteiger partial charge < -0.3 is 19.1 Å². The first kappa shape index (κ1) is 25.0. The van der Waals surface area contributed by atoms with Gasteiger partial charge in [0.15, 0.2) is 0 Å². The third-order valence-corrected chi connectivity index (χ3v) is 6.63. The molecule has 1 aliphatic heterocycles. The second-order valence-corrected chi connectivity index (χ2v) is 9.38. The zero-order chi connectivity index (χ0) is 24.9. The number of likely N-dealkylation sites (tertiary alicyclic amines) is 1. The summed E-state index contributed by atoms with van der Waals surface area (Å²) in [6.07, 6.45) is 0.668. The number of carbonyl (C=O) groups excluding carboxylic acids is 2. The van der Waals surface area contributed by atoms with Crippen LogP contribution in [-0.2, 0) is 27.3 Å². The molecule has 35 heavy (non-hydrogen) atoms. The lowest BCUT2D eigenvalue weighted by Gasteiger charge is -2.16. The van der Waals surface area contributed by atoms with Gasteiger partial charge in [-0.25, -0.2) is 4.79 Å². The van der Waals surface area contributed by atoms with E-state index >= 15 is 0 Å². The molecule has 1 fully saturated rings. The third-order valence-electron chi connectivity index (χ3n) is 6.14. The number of carbonyl (C=O) groups is 2. The molecule has 0 aliphatic carbocycles. The van der Waals surface area contributed by atoms with E-state index in [1.807, 2.05) is 54.9 Å². The molecule has 9 heteroatoms. The van der Waals surface area contributed by atoms with Crippen molar-refractivity contribution in [3.63, 3.8) is 0 Å². The van der Waals surface area contributed by atoms with Crippen molar-refractivity contribution in [1.82, 2.24) is 14.7 Å². The SMILES string of the molecule is CCOC(=O)Cc1c(C)cccc1OCc1nn([C@H]2CCN(C(=O)OCC)C2)c2ccc(Br)cc12. The molecule has 1 aromatic heterocycles. The molecule has 0 saturated carbocycles. The average molecular weight is 544 g/mol. The number of rotatable bonds is 8. The lowest BCUT2D eigenvalue weighted by molar-refractivity contribution is -0.142. The van der Waals surface area contributed by atoms with Gasteiger partial charge in [0, 0.05) is 28.5 Å². The molecule has 1 atom stereocenters. The lowest BCUT2D eigenvalue weighted by atomic mass is 10.0. The van der Waals surface area contributed by atoms with Crippen LogP contribution < -0.4 is 4.74 Å². The minimum absolute atomic E-state index is 0.0511. The van der Waals surface area contributed by atoms with Crippen molar-refractivity contribution >= 4 is 38.9 Å². The molecule has 0 unspecified atom stereocenters. The van der Waals surface area contributed by atoms with Crippen LogP contribution in [-0.4, -0.2) is 53.0 Å². The highest BCUT2D eigenvalue weighted by Crippen LogP contribution is 2.31. The van der Waals surface area contributed by atoms with Gasteiger partial charge in [-0.3, -0.25) is 9.48 Å². The van der Waals surface area contributed by atoms with Gasteiger partial charge in [0.25, 0.3) is 0 Å². The van der Waals surface area contributed by atoms with Crippen LogP contribution in [0, 0.1) is 6.92 Å². The van der Waals surface area contributed by atoms with Gasteiger partial charge in [-0.15, -0.1) is 0 Å². The van der Waals surface area contributed by atoms with Crippen molar-refractivity contribution in [2.75, 3.05) is 26.3 Å². The summed E-state index contributed by atoms with van der Waals surface area (Å²) in [5.74, 6) is 0.364. The Kier molecular flexibility index (Phi) is 7.95. The molecule has 0 bridgehead atoms. The Morgan fingerprint density at radius 3 is 2.71 bits per heavy atom. The van der Waals surface area contributed by atoms with Crippen molar-refractivity contribution in [2.24, 2.45) is 0 Å². The van der Waals surface area contributed by atoms with Gasteiger partial charge in [0.2, 0.25) is 0 Å². The van der Waals surface area contributed by atoms with Crippen molar-refractivity contribution in [2.45, 2.75) is 46.3 Å². The second-order valence-electron chi connectivity index (χ2n) is 8.46. The molecular formula is C26H30BrN3O5. The van der Waals surface area contributed by atoms with E-state index in [0.29, 0.717) is 32.1 Å². The molecule has 1 saturated heterocycles. The number of fused-ring (bicyclic) bond motifs is 1. The van der Waals surface area contributed by atoms with Crippen LogP contribution in [0.4, 0.5) is 4.79 Å². The smallest absolute Gasteiger partial charge is 0.409 e. The molecule has 8 nitrogen and oxygen atoms in total. The topological polar surface area (TPSA) is 82.9 Å². The molecule has 0 spiro atoms. The van der Waals surface area contributed by atoms with Crippen LogP contribution in [0.3, 0.4) is 0 Å². The van der Waals surface area contributed by atoms with Gasteiger partial charge in [0.1, 0.15) is 18.1 Å². The highest BCUT2D eigenvalue weighted by Gasteiger charge is 2.30. The summed E-state index contributed by atoms with van der Waals surface area (Å²) in [7, 11) is 0. The maximum atomic E-state index is 12.2. The highest BCUT2D eigenvalue weighted by molar-refractivity contribution is 9.10. The van der Waals surface area contributed by atoms with Gasteiger partial charge >= 0.3 is 12.1 Å². The van der Waals surface area contributed by atoms with E-state index in [9.17, 15) is 9.59 Å². The van der Waals surface area contributed by atoms with Crippen LogP contribution in [0.2, 0.25) is 0 Å². The van der Waals surface area contributed by atoms with Crippen LogP contribution in [0.25, 0.3) is 10.9 Å². The van der Waals surface area contributed by atoms with E-state index < -0.39 is 0 Å². The predicted molar refractivity (Wildman–Crippen MR) is 136 cm³/mol. The van der Waals surface area contributed by atoms with Crippen LogP contribution in [0.1, 0.15) is 43.1 Å². The number of halogens is 1. The number of aromatic nitrogens is 2. The number of nitrogens with zero attached hydrogens (tertiary/aromatic N) is 3. The molecule has 1 amide bonds. The summed E-state index contributed by atoms with van der Waals surface area (Å²) in [5, 5.41) is 5.89. The summed E-state index contributed by atoms with van der Waals surface area (Å²) < 4.78 is 19.5. The first-order valence-electron chi connectivity index (χ1n) is 11.9. The zero-order valence-corrected chi connectivity index (χ0v) is 21.8. The average Bonchev–Trinajstić information content (AvgIpc) is 3.45. The number of hydrogen-bond donors (Lipinski definition) is 0. The Bertz CT molecular complexity index is 1230. The largest absolute Gasteiger partial charge is 0.487 e. The predicted octanol–water partition coefficient (Wildman–Crippen LogP) is 5.20. The lowest BCUT2D eigenvalue weighted by Crippen LogP contribution is -2.29. The minimum atomic E-state index is -0.286. The van der Waals surface area contributed by atoms with Gasteiger partial charge in [-0.1, -0.05) is 28.1 Å². The van der Waals surface area contributed by atoms with Crippen LogP contribution >= 0.6 is 15.9 Å². The fourth-order valence-electron chi connectivity index (χ4n) is 4.42. The maximum absolute atomic E-state index is 12.2. The molecule has 0 N–H and O–H groups in total. The Labute approximate surface area is 213 Å². The third kappa shape index (κ3) is 5.61. The van der Waals surface area contributed by atoms with E-state index in [1.165, 1.54) is 0 Å². The Balaban J connectivity index is 1.59. The minimum Gasteiger partial charge on any atom is -0.487 e. The normalized spacial score (nSPS) is 15.4. The van der Waals surface area contributed by atoms with Crippen molar-refractivity contribution < 1.29 is 23.8 Å². The number of ether oxygens (including phenoxy) is 3. The molecule has 186 valence electrons. The van der Waals surface area contributed by atoms with Crippen LogP contribution in [0.15, 0.2) is 40.9 Å². The van der Waals surface area contributed by atoms with E-state index in [0.717, 1.165) is 38.6 Å².